The van der Waals surface area contributed by atoms with Crippen LogP contribution in [0.2, 0.25) is 0 Å². The van der Waals surface area contributed by atoms with Crippen LogP contribution >= 0.6 is 11.8 Å². The van der Waals surface area contributed by atoms with Gasteiger partial charge in [0, 0.05) is 30.6 Å². The topological polar surface area (TPSA) is 32.3 Å². The lowest BCUT2D eigenvalue weighted by molar-refractivity contribution is -0.129. The number of thioether (sulfide) groups is 1. The third-order valence-corrected chi connectivity index (χ3v) is 4.89. The van der Waals surface area contributed by atoms with Crippen LogP contribution in [0.5, 0.6) is 0 Å². The van der Waals surface area contributed by atoms with Gasteiger partial charge in [-0.2, -0.15) is 0 Å². The molecule has 3 nitrogen and oxygen atoms in total. The van der Waals surface area contributed by atoms with Crippen molar-refractivity contribution in [2.75, 3.05) is 13.1 Å². The van der Waals surface area contributed by atoms with Crippen LogP contribution in [0.4, 0.5) is 0 Å². The molecule has 2 rings (SSSR count). The van der Waals surface area contributed by atoms with Crippen molar-refractivity contribution in [1.82, 2.24) is 10.2 Å². The second kappa shape index (κ2) is 7.85. The molecule has 4 heteroatoms. The van der Waals surface area contributed by atoms with Gasteiger partial charge in [-0.1, -0.05) is 12.1 Å². The smallest absolute Gasteiger partial charge is 0.235 e. The zero-order chi connectivity index (χ0) is 15.2. The maximum absolute atomic E-state index is 12.3. The summed E-state index contributed by atoms with van der Waals surface area (Å²) in [5.41, 5.74) is 1.30. The van der Waals surface area contributed by atoms with E-state index in [0.717, 1.165) is 25.7 Å². The van der Waals surface area contributed by atoms with Crippen LogP contribution < -0.4 is 5.32 Å². The molecule has 1 saturated carbocycles. The summed E-state index contributed by atoms with van der Waals surface area (Å²) in [5.74, 6) is 0.228. The molecule has 1 aromatic carbocycles. The Balaban J connectivity index is 1.91. The zero-order valence-corrected chi connectivity index (χ0v) is 14.1. The number of nitrogens with one attached hydrogen (secondary N) is 1. The molecule has 0 saturated heterocycles. The van der Waals surface area contributed by atoms with Crippen molar-refractivity contribution >= 4 is 17.7 Å². The summed E-state index contributed by atoms with van der Waals surface area (Å²) in [4.78, 5) is 15.4. The predicted molar refractivity (Wildman–Crippen MR) is 89.6 cm³/mol. The SMILES string of the molecule is CCN(CC)C(=O)C(C)Sc1cccc(CNC2CC2)c1. The fraction of sp³-hybridized carbons (Fsp3) is 0.588. The highest BCUT2D eigenvalue weighted by Crippen LogP contribution is 2.26. The summed E-state index contributed by atoms with van der Waals surface area (Å²) >= 11 is 1.66. The maximum atomic E-state index is 12.3. The fourth-order valence-electron chi connectivity index (χ4n) is 2.33. The molecule has 1 atom stereocenters. The highest BCUT2D eigenvalue weighted by molar-refractivity contribution is 8.00. The molecule has 21 heavy (non-hydrogen) atoms. The second-order valence-corrected chi connectivity index (χ2v) is 6.99. The minimum Gasteiger partial charge on any atom is -0.342 e. The Bertz CT molecular complexity index is 470. The minimum atomic E-state index is -0.0310. The van der Waals surface area contributed by atoms with Crippen LogP contribution in [0.15, 0.2) is 29.2 Å². The lowest BCUT2D eigenvalue weighted by atomic mass is 10.2. The number of amides is 1. The van der Waals surface area contributed by atoms with Crippen molar-refractivity contribution in [3.63, 3.8) is 0 Å². The van der Waals surface area contributed by atoms with Crippen molar-refractivity contribution < 1.29 is 4.79 Å². The van der Waals surface area contributed by atoms with Crippen molar-refractivity contribution in [2.45, 2.75) is 56.3 Å². The molecule has 1 aromatic rings. The maximum Gasteiger partial charge on any atom is 0.235 e. The van der Waals surface area contributed by atoms with Crippen LogP contribution in [-0.4, -0.2) is 35.2 Å². The van der Waals surface area contributed by atoms with Gasteiger partial charge in [-0.05, 0) is 51.3 Å². The largest absolute Gasteiger partial charge is 0.342 e. The van der Waals surface area contributed by atoms with Gasteiger partial charge >= 0.3 is 0 Å². The van der Waals surface area contributed by atoms with Gasteiger partial charge in [0.25, 0.3) is 0 Å². The van der Waals surface area contributed by atoms with E-state index in [2.05, 4.69) is 29.6 Å². The third-order valence-electron chi connectivity index (χ3n) is 3.81. The summed E-state index contributed by atoms with van der Waals surface area (Å²) in [7, 11) is 0. The molecule has 1 amide bonds. The first-order chi connectivity index (χ1) is 10.1. The van der Waals surface area contributed by atoms with E-state index in [1.165, 1.54) is 23.3 Å². The van der Waals surface area contributed by atoms with Crippen LogP contribution in [0.1, 0.15) is 39.2 Å². The summed E-state index contributed by atoms with van der Waals surface area (Å²) < 4.78 is 0. The molecule has 1 aliphatic rings. The molecule has 0 bridgehead atoms. The standard InChI is InChI=1S/C17H26N2OS/c1-4-19(5-2)17(20)13(3)21-16-8-6-7-14(11-16)12-18-15-9-10-15/h6-8,11,13,15,18H,4-5,9-10,12H2,1-3H3. The van der Waals surface area contributed by atoms with Crippen LogP contribution in [0.25, 0.3) is 0 Å². The van der Waals surface area contributed by atoms with Gasteiger partial charge in [0.2, 0.25) is 5.91 Å². The Labute approximate surface area is 132 Å². The average molecular weight is 306 g/mol. The Kier molecular flexibility index (Phi) is 6.12. The van der Waals surface area contributed by atoms with Crippen molar-refractivity contribution in [1.29, 1.82) is 0 Å². The van der Waals surface area contributed by atoms with E-state index in [4.69, 9.17) is 0 Å². The highest BCUT2D eigenvalue weighted by Gasteiger charge is 2.21. The van der Waals surface area contributed by atoms with Crippen molar-refractivity contribution in [2.24, 2.45) is 0 Å². The van der Waals surface area contributed by atoms with Crippen molar-refractivity contribution in [3.8, 4) is 0 Å². The molecular weight excluding hydrogens is 280 g/mol. The van der Waals surface area contributed by atoms with Gasteiger partial charge in [0.1, 0.15) is 0 Å². The van der Waals surface area contributed by atoms with Gasteiger partial charge in [0.05, 0.1) is 5.25 Å². The van der Waals surface area contributed by atoms with E-state index < -0.39 is 0 Å². The normalized spacial score (nSPS) is 15.8. The highest BCUT2D eigenvalue weighted by atomic mass is 32.2. The first-order valence-corrected chi connectivity index (χ1v) is 8.79. The van der Waals surface area contributed by atoms with Crippen LogP contribution in [0.3, 0.4) is 0 Å². The van der Waals surface area contributed by atoms with E-state index in [-0.39, 0.29) is 11.2 Å². The number of hydrogen-bond acceptors (Lipinski definition) is 3. The number of hydrogen-bond donors (Lipinski definition) is 1. The Morgan fingerprint density at radius 3 is 2.71 bits per heavy atom. The first kappa shape index (κ1) is 16.4. The number of benzene rings is 1. The molecule has 0 spiro atoms. The van der Waals surface area contributed by atoms with Gasteiger partial charge in [-0.3, -0.25) is 4.79 Å². The summed E-state index contributed by atoms with van der Waals surface area (Å²) in [6, 6.07) is 9.25. The summed E-state index contributed by atoms with van der Waals surface area (Å²) in [6.07, 6.45) is 2.62. The molecule has 0 aliphatic heterocycles. The molecule has 116 valence electrons. The van der Waals surface area contributed by atoms with Crippen LogP contribution in [-0.2, 0) is 11.3 Å². The fourth-order valence-corrected chi connectivity index (χ4v) is 3.36. The Hall–Kier alpha value is -1.00. The lowest BCUT2D eigenvalue weighted by Gasteiger charge is -2.22. The van der Waals surface area contributed by atoms with Gasteiger partial charge < -0.3 is 10.2 Å². The number of carbonyl (C=O) groups is 1. The average Bonchev–Trinajstić information content (AvgIpc) is 3.31. The monoisotopic (exact) mass is 306 g/mol. The van der Waals surface area contributed by atoms with E-state index in [9.17, 15) is 4.79 Å². The molecule has 1 fully saturated rings. The summed E-state index contributed by atoms with van der Waals surface area (Å²) in [5, 5.41) is 3.50. The molecule has 1 unspecified atom stereocenters. The lowest BCUT2D eigenvalue weighted by Crippen LogP contribution is -2.36. The molecule has 0 heterocycles. The molecular formula is C17H26N2OS. The van der Waals surface area contributed by atoms with E-state index in [1.54, 1.807) is 11.8 Å². The first-order valence-electron chi connectivity index (χ1n) is 7.91. The zero-order valence-electron chi connectivity index (χ0n) is 13.3. The third kappa shape index (κ3) is 5.04. The van der Waals surface area contributed by atoms with Crippen LogP contribution in [0, 0.1) is 0 Å². The quantitative estimate of drug-likeness (QED) is 0.748. The number of nitrogens with zero attached hydrogens (tertiary/aromatic N) is 1. The number of carbonyl (C=O) groups excluding carboxylic acids is 1. The van der Waals surface area contributed by atoms with E-state index in [0.29, 0.717) is 0 Å². The number of rotatable bonds is 8. The molecule has 1 aliphatic carbocycles. The molecule has 1 N–H and O–H groups in total. The van der Waals surface area contributed by atoms with Gasteiger partial charge in [-0.15, -0.1) is 11.8 Å². The molecule has 0 aromatic heterocycles. The van der Waals surface area contributed by atoms with E-state index >= 15 is 0 Å². The minimum absolute atomic E-state index is 0.0310. The summed E-state index contributed by atoms with van der Waals surface area (Å²) in [6.45, 7) is 8.56. The Morgan fingerprint density at radius 1 is 1.38 bits per heavy atom. The predicted octanol–water partition coefficient (Wildman–Crippen LogP) is 3.29. The van der Waals surface area contributed by atoms with Crippen molar-refractivity contribution in [3.05, 3.63) is 29.8 Å². The Morgan fingerprint density at radius 2 is 2.10 bits per heavy atom. The van der Waals surface area contributed by atoms with Gasteiger partial charge in [0.15, 0.2) is 0 Å². The molecule has 0 radical (unpaired) electrons. The second-order valence-electron chi connectivity index (χ2n) is 5.57. The van der Waals surface area contributed by atoms with E-state index in [1.807, 2.05) is 25.7 Å². The van der Waals surface area contributed by atoms with Gasteiger partial charge in [-0.25, -0.2) is 0 Å².